The summed E-state index contributed by atoms with van der Waals surface area (Å²) in [6.45, 7) is 4.61. The first-order valence-corrected chi connectivity index (χ1v) is 12.6. The second-order valence-electron chi connectivity index (χ2n) is 8.46. The molecule has 194 valence electrons. The largest absolute Gasteiger partial charge is 0.356 e. The van der Waals surface area contributed by atoms with Crippen LogP contribution in [0.1, 0.15) is 44.5 Å². The molecule has 12 heteroatoms. The van der Waals surface area contributed by atoms with Crippen LogP contribution >= 0.6 is 23.4 Å². The van der Waals surface area contributed by atoms with Gasteiger partial charge >= 0.3 is 0 Å². The maximum atomic E-state index is 14.1. The fourth-order valence-corrected chi connectivity index (χ4v) is 4.47. The lowest BCUT2D eigenvalue weighted by molar-refractivity contribution is -0.121. The van der Waals surface area contributed by atoms with E-state index in [1.54, 1.807) is 28.8 Å². The van der Waals surface area contributed by atoms with Gasteiger partial charge in [-0.15, -0.1) is 10.2 Å². The van der Waals surface area contributed by atoms with E-state index in [2.05, 4.69) is 15.5 Å². The first-order valence-electron chi connectivity index (χ1n) is 11.2. The summed E-state index contributed by atoms with van der Waals surface area (Å²) in [5.74, 6) is -9.74. The molecule has 0 unspecified atom stereocenters. The molecule has 1 heterocycles. The van der Waals surface area contributed by atoms with Gasteiger partial charge in [0.05, 0.1) is 5.69 Å². The van der Waals surface area contributed by atoms with E-state index in [-0.39, 0.29) is 11.1 Å². The Bertz CT molecular complexity index is 1210. The molecule has 0 aliphatic heterocycles. The SMILES string of the molecule is CC(C)CNC(=O)CCCCc1nnc(SCc2c(F)c(F)c(F)c(F)c2F)n1-c1cccc(Cl)c1. The van der Waals surface area contributed by atoms with Gasteiger partial charge in [-0.2, -0.15) is 0 Å². The van der Waals surface area contributed by atoms with Gasteiger partial charge in [-0.1, -0.05) is 43.3 Å². The molecule has 0 bridgehead atoms. The molecule has 0 radical (unpaired) electrons. The molecule has 1 aromatic heterocycles. The molecular formula is C24H24ClF5N4OS. The van der Waals surface area contributed by atoms with E-state index in [1.165, 1.54) is 0 Å². The van der Waals surface area contributed by atoms with Gasteiger partial charge in [0.25, 0.3) is 0 Å². The number of rotatable bonds is 11. The van der Waals surface area contributed by atoms with E-state index in [9.17, 15) is 26.7 Å². The Hall–Kier alpha value is -2.66. The molecule has 1 N–H and O–H groups in total. The molecule has 0 saturated heterocycles. The van der Waals surface area contributed by atoms with Crippen molar-refractivity contribution >= 4 is 29.3 Å². The van der Waals surface area contributed by atoms with E-state index >= 15 is 0 Å². The maximum absolute atomic E-state index is 14.1. The second kappa shape index (κ2) is 12.5. The lowest BCUT2D eigenvalue weighted by Crippen LogP contribution is -2.26. The minimum atomic E-state index is -2.21. The molecule has 3 aromatic rings. The van der Waals surface area contributed by atoms with E-state index in [0.717, 1.165) is 11.8 Å². The number of benzene rings is 2. The van der Waals surface area contributed by atoms with E-state index in [4.69, 9.17) is 11.6 Å². The van der Waals surface area contributed by atoms with Crippen molar-refractivity contribution < 1.29 is 26.7 Å². The number of thioether (sulfide) groups is 1. The topological polar surface area (TPSA) is 59.8 Å². The maximum Gasteiger partial charge on any atom is 0.220 e. The minimum absolute atomic E-state index is 0.0425. The number of hydrogen-bond donors (Lipinski definition) is 1. The summed E-state index contributed by atoms with van der Waals surface area (Å²) in [5.41, 5.74) is -0.386. The fourth-order valence-electron chi connectivity index (χ4n) is 3.32. The summed E-state index contributed by atoms with van der Waals surface area (Å²) in [4.78, 5) is 11.9. The molecule has 0 saturated carbocycles. The monoisotopic (exact) mass is 546 g/mol. The number of nitrogens with zero attached hydrogens (tertiary/aromatic N) is 3. The Labute approximate surface area is 214 Å². The third kappa shape index (κ3) is 6.76. The van der Waals surface area contributed by atoms with Gasteiger partial charge in [0, 0.05) is 35.7 Å². The highest BCUT2D eigenvalue weighted by Crippen LogP contribution is 2.31. The molecule has 5 nitrogen and oxygen atoms in total. The summed E-state index contributed by atoms with van der Waals surface area (Å²) in [6, 6.07) is 6.71. The van der Waals surface area contributed by atoms with Crippen molar-refractivity contribution in [2.45, 2.75) is 50.4 Å². The van der Waals surface area contributed by atoms with Gasteiger partial charge < -0.3 is 5.32 Å². The van der Waals surface area contributed by atoms with Gasteiger partial charge in [-0.25, -0.2) is 22.0 Å². The molecule has 0 atom stereocenters. The van der Waals surface area contributed by atoms with Crippen molar-refractivity contribution in [2.24, 2.45) is 5.92 Å². The number of carbonyl (C=O) groups excluding carboxylic acids is 1. The van der Waals surface area contributed by atoms with Crippen LogP contribution in [0.5, 0.6) is 0 Å². The lowest BCUT2D eigenvalue weighted by Gasteiger charge is -2.12. The number of aromatic nitrogens is 3. The van der Waals surface area contributed by atoms with Crippen LogP contribution < -0.4 is 5.32 Å². The molecule has 0 fully saturated rings. The zero-order valence-corrected chi connectivity index (χ0v) is 21.1. The quantitative estimate of drug-likeness (QED) is 0.0995. The highest BCUT2D eigenvalue weighted by Gasteiger charge is 2.26. The van der Waals surface area contributed by atoms with Gasteiger partial charge in [0.15, 0.2) is 28.4 Å². The molecule has 1 amide bonds. The van der Waals surface area contributed by atoms with E-state index in [0.29, 0.717) is 54.7 Å². The number of carbonyl (C=O) groups is 1. The van der Waals surface area contributed by atoms with Crippen LogP contribution in [0.15, 0.2) is 29.4 Å². The summed E-state index contributed by atoms with van der Waals surface area (Å²) in [5, 5.41) is 11.7. The first kappa shape index (κ1) is 27.9. The normalized spacial score (nSPS) is 11.4. The Morgan fingerprint density at radius 3 is 2.33 bits per heavy atom. The fraction of sp³-hybridized carbons (Fsp3) is 0.375. The number of hydrogen-bond acceptors (Lipinski definition) is 4. The standard InChI is InChI=1S/C24H24ClF5N4OS/c1-13(2)11-31-18(35)9-4-3-8-17-32-33-24(34(17)15-7-5-6-14(25)10-15)36-12-16-19(26)21(28)23(30)22(29)20(16)27/h5-7,10,13H,3-4,8-9,11-12H2,1-2H3,(H,31,35). The molecule has 3 rings (SSSR count). The summed E-state index contributed by atoms with van der Waals surface area (Å²) < 4.78 is 70.4. The highest BCUT2D eigenvalue weighted by molar-refractivity contribution is 7.98. The number of aryl methyl sites for hydroxylation is 1. The zero-order valence-electron chi connectivity index (χ0n) is 19.6. The lowest BCUT2D eigenvalue weighted by atomic mass is 10.1. The summed E-state index contributed by atoms with van der Waals surface area (Å²) in [6.07, 6.45) is 1.98. The number of nitrogens with one attached hydrogen (secondary N) is 1. The van der Waals surface area contributed by atoms with Crippen LogP contribution in [0.4, 0.5) is 22.0 Å². The van der Waals surface area contributed by atoms with Crippen molar-refractivity contribution in [3.63, 3.8) is 0 Å². The number of unbranched alkanes of at least 4 members (excludes halogenated alkanes) is 1. The van der Waals surface area contributed by atoms with Crippen molar-refractivity contribution in [3.8, 4) is 5.69 Å². The van der Waals surface area contributed by atoms with Crippen LogP contribution in [0.2, 0.25) is 5.02 Å². The predicted octanol–water partition coefficient (Wildman–Crippen LogP) is 6.39. The van der Waals surface area contributed by atoms with Gasteiger partial charge in [0.2, 0.25) is 11.7 Å². The molecular weight excluding hydrogens is 523 g/mol. The van der Waals surface area contributed by atoms with Crippen molar-refractivity contribution in [1.82, 2.24) is 20.1 Å². The Morgan fingerprint density at radius 1 is 1.03 bits per heavy atom. The van der Waals surface area contributed by atoms with Crippen LogP contribution in [0.25, 0.3) is 5.69 Å². The Kier molecular flexibility index (Phi) is 9.72. The average Bonchev–Trinajstić information content (AvgIpc) is 3.25. The Balaban J connectivity index is 1.78. The van der Waals surface area contributed by atoms with Gasteiger partial charge in [-0.3, -0.25) is 9.36 Å². The average molecular weight is 547 g/mol. The third-order valence-electron chi connectivity index (χ3n) is 5.17. The van der Waals surface area contributed by atoms with Crippen LogP contribution in [0, 0.1) is 35.0 Å². The van der Waals surface area contributed by atoms with Gasteiger partial charge in [0.1, 0.15) is 5.82 Å². The summed E-state index contributed by atoms with van der Waals surface area (Å²) >= 11 is 6.89. The van der Waals surface area contributed by atoms with Crippen LogP contribution in [-0.4, -0.2) is 27.2 Å². The number of halogens is 6. The van der Waals surface area contributed by atoms with E-state index < -0.39 is 40.4 Å². The minimum Gasteiger partial charge on any atom is -0.356 e. The van der Waals surface area contributed by atoms with E-state index in [1.807, 2.05) is 13.8 Å². The predicted molar refractivity (Wildman–Crippen MR) is 128 cm³/mol. The van der Waals surface area contributed by atoms with Crippen molar-refractivity contribution in [1.29, 1.82) is 0 Å². The zero-order chi connectivity index (χ0) is 26.4. The number of amides is 1. The molecule has 0 spiro atoms. The molecule has 2 aromatic carbocycles. The summed E-state index contributed by atoms with van der Waals surface area (Å²) in [7, 11) is 0. The molecule has 36 heavy (non-hydrogen) atoms. The highest BCUT2D eigenvalue weighted by atomic mass is 35.5. The Morgan fingerprint density at radius 2 is 1.69 bits per heavy atom. The van der Waals surface area contributed by atoms with Gasteiger partial charge in [-0.05, 0) is 37.0 Å². The van der Waals surface area contributed by atoms with Crippen LogP contribution in [0.3, 0.4) is 0 Å². The third-order valence-corrected chi connectivity index (χ3v) is 6.37. The molecule has 0 aliphatic rings. The second-order valence-corrected chi connectivity index (χ2v) is 9.84. The van der Waals surface area contributed by atoms with Crippen LogP contribution in [-0.2, 0) is 17.0 Å². The van der Waals surface area contributed by atoms with Crippen molar-refractivity contribution in [2.75, 3.05) is 6.54 Å². The van der Waals surface area contributed by atoms with Crippen molar-refractivity contribution in [3.05, 3.63) is 69.8 Å². The first-order chi connectivity index (χ1) is 17.1. The smallest absolute Gasteiger partial charge is 0.220 e. The molecule has 0 aliphatic carbocycles.